The highest BCUT2D eigenvalue weighted by Crippen LogP contribution is 2.31. The normalized spacial score (nSPS) is 15.1. The van der Waals surface area contributed by atoms with Crippen molar-refractivity contribution in [3.05, 3.63) is 0 Å². The first kappa shape index (κ1) is 19.6. The predicted molar refractivity (Wildman–Crippen MR) is 78.8 cm³/mol. The molecular weight excluding hydrogens is 287 g/mol. The van der Waals surface area contributed by atoms with Crippen molar-refractivity contribution in [1.29, 1.82) is 0 Å². The molecule has 0 heterocycles. The molecule has 0 spiro atoms. The molecule has 120 valence electrons. The van der Waals surface area contributed by atoms with Crippen molar-refractivity contribution in [2.24, 2.45) is 16.7 Å². The van der Waals surface area contributed by atoms with Gasteiger partial charge in [-0.25, -0.2) is 0 Å². The maximum atomic E-state index is 12.9. The van der Waals surface area contributed by atoms with E-state index in [0.29, 0.717) is 5.75 Å². The molecule has 1 amide bonds. The Morgan fingerprint density at radius 2 is 1.55 bits per heavy atom. The minimum atomic E-state index is -4.49. The molecule has 1 atom stereocenters. The van der Waals surface area contributed by atoms with Crippen molar-refractivity contribution < 1.29 is 18.0 Å². The van der Waals surface area contributed by atoms with Crippen molar-refractivity contribution in [3.63, 3.8) is 0 Å². The van der Waals surface area contributed by atoms with Crippen LogP contribution >= 0.6 is 11.8 Å². The molecule has 0 bridgehead atoms. The zero-order valence-electron chi connectivity index (χ0n) is 13.1. The van der Waals surface area contributed by atoms with Gasteiger partial charge in [-0.2, -0.15) is 24.9 Å². The van der Waals surface area contributed by atoms with Gasteiger partial charge in [-0.1, -0.05) is 41.5 Å². The number of halogens is 3. The summed E-state index contributed by atoms with van der Waals surface area (Å²) in [5.41, 5.74) is -0.285. The van der Waals surface area contributed by atoms with E-state index in [1.165, 1.54) is 11.8 Å². The zero-order valence-corrected chi connectivity index (χ0v) is 14.0. The van der Waals surface area contributed by atoms with Crippen LogP contribution in [0.25, 0.3) is 0 Å². The van der Waals surface area contributed by atoms with Gasteiger partial charge in [0.05, 0.1) is 0 Å². The van der Waals surface area contributed by atoms with Crippen LogP contribution in [0, 0.1) is 16.7 Å². The van der Waals surface area contributed by atoms with Crippen LogP contribution in [0.5, 0.6) is 0 Å². The second kappa shape index (κ2) is 7.05. The Morgan fingerprint density at radius 1 is 1.05 bits per heavy atom. The molecule has 0 aliphatic heterocycles. The summed E-state index contributed by atoms with van der Waals surface area (Å²) in [6.45, 7) is 11.7. The van der Waals surface area contributed by atoms with Crippen LogP contribution in [0.15, 0.2) is 0 Å². The summed E-state index contributed by atoms with van der Waals surface area (Å²) in [4.78, 5) is 11.7. The number of carbonyl (C=O) groups is 1. The average molecular weight is 313 g/mol. The molecule has 0 rings (SSSR count). The van der Waals surface area contributed by atoms with Crippen LogP contribution in [-0.4, -0.2) is 30.1 Å². The van der Waals surface area contributed by atoms with Crippen molar-refractivity contribution in [2.75, 3.05) is 18.1 Å². The van der Waals surface area contributed by atoms with Crippen molar-refractivity contribution >= 4 is 17.7 Å². The summed E-state index contributed by atoms with van der Waals surface area (Å²) in [7, 11) is 0. The van der Waals surface area contributed by atoms with Gasteiger partial charge < -0.3 is 5.32 Å². The van der Waals surface area contributed by atoms with Gasteiger partial charge >= 0.3 is 6.18 Å². The molecule has 0 aliphatic carbocycles. The summed E-state index contributed by atoms with van der Waals surface area (Å²) < 4.78 is 38.8. The highest BCUT2D eigenvalue weighted by Gasteiger charge is 2.44. The van der Waals surface area contributed by atoms with E-state index in [1.807, 2.05) is 41.5 Å². The fraction of sp³-hybridized carbons (Fsp3) is 0.929. The van der Waals surface area contributed by atoms with Crippen LogP contribution < -0.4 is 5.32 Å². The lowest BCUT2D eigenvalue weighted by molar-refractivity contribution is -0.178. The standard InChI is InChI=1S/C14H26F3NOS/c1-12(2,3)8-18-11(19)10(14(15,16)17)7-20-9-13(4,5)6/h10H,7-9H2,1-6H3,(H,18,19). The summed E-state index contributed by atoms with van der Waals surface area (Å²) in [6.07, 6.45) is -4.49. The van der Waals surface area contributed by atoms with Crippen LogP contribution in [0.1, 0.15) is 41.5 Å². The quantitative estimate of drug-likeness (QED) is 0.827. The van der Waals surface area contributed by atoms with Gasteiger partial charge in [-0.05, 0) is 16.6 Å². The van der Waals surface area contributed by atoms with Gasteiger partial charge in [0.1, 0.15) is 5.92 Å². The molecule has 0 fully saturated rings. The largest absolute Gasteiger partial charge is 0.401 e. The molecule has 2 nitrogen and oxygen atoms in total. The number of hydrogen-bond donors (Lipinski definition) is 1. The lowest BCUT2D eigenvalue weighted by atomic mass is 9.96. The minimum Gasteiger partial charge on any atom is -0.355 e. The van der Waals surface area contributed by atoms with Gasteiger partial charge in [0.25, 0.3) is 0 Å². The fourth-order valence-corrected chi connectivity index (χ4v) is 2.58. The maximum Gasteiger partial charge on any atom is 0.401 e. The molecule has 0 saturated carbocycles. The molecule has 0 aromatic heterocycles. The first-order chi connectivity index (χ1) is 8.72. The Balaban J connectivity index is 4.54. The second-order valence-electron chi connectivity index (χ2n) is 7.45. The van der Waals surface area contributed by atoms with Crippen LogP contribution in [0.3, 0.4) is 0 Å². The highest BCUT2D eigenvalue weighted by atomic mass is 32.2. The van der Waals surface area contributed by atoms with Crippen LogP contribution in [0.4, 0.5) is 13.2 Å². The fourth-order valence-electron chi connectivity index (χ4n) is 1.28. The SMILES string of the molecule is CC(C)(C)CNC(=O)C(CSCC(C)(C)C)C(F)(F)F. The maximum absolute atomic E-state index is 12.9. The minimum absolute atomic E-state index is 0.0529. The molecule has 0 aromatic carbocycles. The van der Waals surface area contributed by atoms with Gasteiger partial charge in [0.15, 0.2) is 0 Å². The number of carbonyl (C=O) groups excluding carboxylic acids is 1. The van der Waals surface area contributed by atoms with E-state index in [1.54, 1.807) is 0 Å². The third-order valence-corrected chi connectivity index (χ3v) is 3.96. The summed E-state index contributed by atoms with van der Waals surface area (Å²) >= 11 is 1.18. The van der Waals surface area contributed by atoms with E-state index >= 15 is 0 Å². The Kier molecular flexibility index (Phi) is 6.91. The van der Waals surface area contributed by atoms with E-state index in [9.17, 15) is 18.0 Å². The van der Waals surface area contributed by atoms with Crippen molar-refractivity contribution in [3.8, 4) is 0 Å². The molecule has 0 radical (unpaired) electrons. The van der Waals surface area contributed by atoms with E-state index in [0.717, 1.165) is 0 Å². The zero-order chi connectivity index (χ0) is 16.2. The average Bonchev–Trinajstić information content (AvgIpc) is 2.16. The molecule has 0 aliphatic rings. The van der Waals surface area contributed by atoms with Crippen LogP contribution in [-0.2, 0) is 4.79 Å². The third-order valence-electron chi connectivity index (χ3n) is 2.32. The Labute approximate surface area is 124 Å². The van der Waals surface area contributed by atoms with Crippen molar-refractivity contribution in [2.45, 2.75) is 47.7 Å². The lowest BCUT2D eigenvalue weighted by Gasteiger charge is -2.24. The molecule has 6 heteroatoms. The first-order valence-electron chi connectivity index (χ1n) is 6.64. The van der Waals surface area contributed by atoms with Gasteiger partial charge in [0.2, 0.25) is 5.91 Å². The number of alkyl halides is 3. The van der Waals surface area contributed by atoms with Crippen molar-refractivity contribution in [1.82, 2.24) is 5.32 Å². The molecule has 1 N–H and O–H groups in total. The number of thioether (sulfide) groups is 1. The number of hydrogen-bond acceptors (Lipinski definition) is 2. The number of amides is 1. The monoisotopic (exact) mass is 313 g/mol. The third kappa shape index (κ3) is 9.50. The summed E-state index contributed by atoms with van der Waals surface area (Å²) in [6, 6.07) is 0. The molecule has 0 saturated heterocycles. The Bertz CT molecular complexity index is 316. The topological polar surface area (TPSA) is 29.1 Å². The van der Waals surface area contributed by atoms with E-state index in [-0.39, 0.29) is 23.1 Å². The Morgan fingerprint density at radius 3 is 1.90 bits per heavy atom. The van der Waals surface area contributed by atoms with E-state index in [4.69, 9.17) is 0 Å². The molecule has 20 heavy (non-hydrogen) atoms. The summed E-state index contributed by atoms with van der Waals surface area (Å²) in [5, 5.41) is 2.40. The number of rotatable bonds is 5. The summed E-state index contributed by atoms with van der Waals surface area (Å²) in [5.74, 6) is -2.49. The van der Waals surface area contributed by atoms with Crippen LogP contribution in [0.2, 0.25) is 0 Å². The highest BCUT2D eigenvalue weighted by molar-refractivity contribution is 7.99. The van der Waals surface area contributed by atoms with E-state index < -0.39 is 18.0 Å². The smallest absolute Gasteiger partial charge is 0.355 e. The molecular formula is C14H26F3NOS. The van der Waals surface area contributed by atoms with Gasteiger partial charge in [-0.3, -0.25) is 4.79 Å². The predicted octanol–water partition coefficient (Wildman–Crippen LogP) is 4.11. The second-order valence-corrected chi connectivity index (χ2v) is 8.48. The van der Waals surface area contributed by atoms with E-state index in [2.05, 4.69) is 5.32 Å². The molecule has 0 aromatic rings. The Hall–Kier alpha value is -0.390. The molecule has 1 unspecified atom stereocenters. The number of nitrogens with one attached hydrogen (secondary N) is 1. The lowest BCUT2D eigenvalue weighted by Crippen LogP contribution is -2.43. The van der Waals surface area contributed by atoms with Gasteiger partial charge in [-0.15, -0.1) is 0 Å². The van der Waals surface area contributed by atoms with Gasteiger partial charge in [0, 0.05) is 12.3 Å². The first-order valence-corrected chi connectivity index (χ1v) is 7.80.